The lowest BCUT2D eigenvalue weighted by Crippen LogP contribution is -2.23. The zero-order valence-electron chi connectivity index (χ0n) is 18.6. The van der Waals surface area contributed by atoms with E-state index in [9.17, 15) is 9.59 Å². The minimum Gasteiger partial charge on any atom is -0.497 e. The highest BCUT2D eigenvalue weighted by Gasteiger charge is 2.20. The molecule has 170 valence electrons. The summed E-state index contributed by atoms with van der Waals surface area (Å²) in [6, 6.07) is 22.1. The second-order valence-corrected chi connectivity index (χ2v) is 8.61. The quantitative estimate of drug-likeness (QED) is 0.271. The molecule has 0 aliphatic carbocycles. The van der Waals surface area contributed by atoms with Crippen LogP contribution in [-0.2, 0) is 4.79 Å². The van der Waals surface area contributed by atoms with Gasteiger partial charge in [-0.3, -0.25) is 14.2 Å². The molecular weight excluding hydrogens is 450 g/mol. The van der Waals surface area contributed by atoms with Crippen LogP contribution >= 0.6 is 11.8 Å². The maximum Gasteiger partial charge on any atom is 0.302 e. The standard InChI is InChI=1S/C26H21N3O4S/c1-16-7-3-5-9-20(16)29-25(31)24-23(19-8-4-6-10-21(19)33-24)28-26(29)34-15-22(30)27-17-11-13-18(32-2)14-12-17/h3-14H,15H2,1-2H3,(H,27,30). The number of carbonyl (C=O) groups excluding carboxylic acids is 1. The van der Waals surface area contributed by atoms with E-state index in [2.05, 4.69) is 5.32 Å². The second-order valence-electron chi connectivity index (χ2n) is 7.66. The van der Waals surface area contributed by atoms with Gasteiger partial charge in [0.1, 0.15) is 16.8 Å². The van der Waals surface area contributed by atoms with E-state index in [-0.39, 0.29) is 22.8 Å². The zero-order chi connectivity index (χ0) is 23.7. The van der Waals surface area contributed by atoms with Crippen molar-refractivity contribution in [2.75, 3.05) is 18.2 Å². The van der Waals surface area contributed by atoms with E-state index in [1.54, 1.807) is 31.4 Å². The van der Waals surface area contributed by atoms with Crippen LogP contribution < -0.4 is 15.6 Å². The highest BCUT2D eigenvalue weighted by molar-refractivity contribution is 7.99. The lowest BCUT2D eigenvalue weighted by Gasteiger charge is -2.14. The van der Waals surface area contributed by atoms with Gasteiger partial charge in [0.25, 0.3) is 0 Å². The Morgan fingerprint density at radius 3 is 2.56 bits per heavy atom. The Hall–Kier alpha value is -4.04. The molecule has 0 saturated heterocycles. The molecule has 8 heteroatoms. The number of benzene rings is 3. The molecule has 2 aromatic heterocycles. The van der Waals surface area contributed by atoms with Crippen LogP contribution in [0, 0.1) is 6.92 Å². The van der Waals surface area contributed by atoms with Crippen molar-refractivity contribution in [1.82, 2.24) is 9.55 Å². The van der Waals surface area contributed by atoms with Crippen LogP contribution in [0.3, 0.4) is 0 Å². The number of furan rings is 1. The van der Waals surface area contributed by atoms with Crippen LogP contribution in [0.15, 0.2) is 87.2 Å². The topological polar surface area (TPSA) is 86.4 Å². The fourth-order valence-corrected chi connectivity index (χ4v) is 4.55. The molecule has 0 unspecified atom stereocenters. The van der Waals surface area contributed by atoms with Crippen molar-refractivity contribution in [2.45, 2.75) is 12.1 Å². The van der Waals surface area contributed by atoms with Crippen LogP contribution in [0.1, 0.15) is 5.56 Å². The average Bonchev–Trinajstić information content (AvgIpc) is 3.23. The molecule has 0 atom stereocenters. The molecule has 0 radical (unpaired) electrons. The normalized spacial score (nSPS) is 11.1. The Morgan fingerprint density at radius 1 is 1.06 bits per heavy atom. The number of rotatable bonds is 6. The van der Waals surface area contributed by atoms with Crippen molar-refractivity contribution in [1.29, 1.82) is 0 Å². The van der Waals surface area contributed by atoms with Crippen LogP contribution in [0.2, 0.25) is 0 Å². The SMILES string of the molecule is COc1ccc(NC(=O)CSc2nc3c(oc4ccccc43)c(=O)n2-c2ccccc2C)cc1. The molecule has 1 amide bonds. The summed E-state index contributed by atoms with van der Waals surface area (Å²) >= 11 is 1.20. The van der Waals surface area contributed by atoms with Gasteiger partial charge in [0.05, 0.1) is 18.6 Å². The third-order valence-electron chi connectivity index (χ3n) is 5.43. The molecule has 0 spiro atoms. The van der Waals surface area contributed by atoms with Gasteiger partial charge in [0.2, 0.25) is 11.5 Å². The lowest BCUT2D eigenvalue weighted by atomic mass is 10.2. The van der Waals surface area contributed by atoms with Crippen LogP contribution in [0.25, 0.3) is 27.8 Å². The summed E-state index contributed by atoms with van der Waals surface area (Å²) in [5.41, 5.74) is 3.23. The molecular formula is C26H21N3O4S. The third kappa shape index (κ3) is 4.04. The molecule has 5 aromatic rings. The van der Waals surface area contributed by atoms with Gasteiger partial charge in [0, 0.05) is 11.1 Å². The molecule has 0 aliphatic rings. The fraction of sp³-hybridized carbons (Fsp3) is 0.115. The molecule has 5 rings (SSSR count). The van der Waals surface area contributed by atoms with E-state index in [0.717, 1.165) is 10.9 Å². The van der Waals surface area contributed by atoms with Gasteiger partial charge in [-0.1, -0.05) is 42.1 Å². The third-order valence-corrected chi connectivity index (χ3v) is 6.37. The Labute approximate surface area is 199 Å². The number of anilines is 1. The molecule has 0 fully saturated rings. The molecule has 7 nitrogen and oxygen atoms in total. The summed E-state index contributed by atoms with van der Waals surface area (Å²) in [5.74, 6) is 0.573. The molecule has 0 aliphatic heterocycles. The number of aromatic nitrogens is 2. The van der Waals surface area contributed by atoms with Crippen molar-refractivity contribution in [3.8, 4) is 11.4 Å². The van der Waals surface area contributed by atoms with Crippen molar-refractivity contribution >= 4 is 45.4 Å². The summed E-state index contributed by atoms with van der Waals surface area (Å²) in [5, 5.41) is 4.04. The van der Waals surface area contributed by atoms with Crippen molar-refractivity contribution < 1.29 is 13.9 Å². The Morgan fingerprint density at radius 2 is 1.79 bits per heavy atom. The Bertz CT molecular complexity index is 1570. The number of amides is 1. The highest BCUT2D eigenvalue weighted by atomic mass is 32.2. The first kappa shape index (κ1) is 21.8. The van der Waals surface area contributed by atoms with Gasteiger partial charge in [-0.25, -0.2) is 4.98 Å². The summed E-state index contributed by atoms with van der Waals surface area (Å²) in [7, 11) is 1.59. The van der Waals surface area contributed by atoms with Gasteiger partial charge in [-0.15, -0.1) is 0 Å². The smallest absolute Gasteiger partial charge is 0.302 e. The van der Waals surface area contributed by atoms with Crippen LogP contribution in [-0.4, -0.2) is 28.3 Å². The maximum atomic E-state index is 13.6. The van der Waals surface area contributed by atoms with Gasteiger partial charge >= 0.3 is 5.56 Å². The summed E-state index contributed by atoms with van der Waals surface area (Å²) in [4.78, 5) is 31.0. The highest BCUT2D eigenvalue weighted by Crippen LogP contribution is 2.29. The largest absolute Gasteiger partial charge is 0.497 e. The lowest BCUT2D eigenvalue weighted by molar-refractivity contribution is -0.113. The number of ether oxygens (including phenoxy) is 1. The number of hydrogen-bond donors (Lipinski definition) is 1. The van der Waals surface area contributed by atoms with E-state index in [1.165, 1.54) is 16.3 Å². The predicted octanol–water partition coefficient (Wildman–Crippen LogP) is 5.18. The number of nitrogens with one attached hydrogen (secondary N) is 1. The van der Waals surface area contributed by atoms with Gasteiger partial charge in [-0.2, -0.15) is 0 Å². The average molecular weight is 472 g/mol. The minimum absolute atomic E-state index is 0.0750. The second kappa shape index (κ2) is 9.07. The first-order valence-corrected chi connectivity index (χ1v) is 11.6. The summed E-state index contributed by atoms with van der Waals surface area (Å²) < 4.78 is 12.5. The van der Waals surface area contributed by atoms with Gasteiger partial charge in [-0.05, 0) is 55.0 Å². The number of para-hydroxylation sites is 2. The number of aryl methyl sites for hydroxylation is 1. The molecule has 2 heterocycles. The number of fused-ring (bicyclic) bond motifs is 3. The van der Waals surface area contributed by atoms with E-state index >= 15 is 0 Å². The van der Waals surface area contributed by atoms with Crippen molar-refractivity contribution in [2.24, 2.45) is 0 Å². The van der Waals surface area contributed by atoms with Crippen LogP contribution in [0.5, 0.6) is 5.75 Å². The Kier molecular flexibility index (Phi) is 5.81. The molecule has 3 aromatic carbocycles. The monoisotopic (exact) mass is 471 g/mol. The van der Waals surface area contributed by atoms with Crippen molar-refractivity contribution in [3.05, 3.63) is 88.7 Å². The van der Waals surface area contributed by atoms with Gasteiger partial charge in [0.15, 0.2) is 5.16 Å². The zero-order valence-corrected chi connectivity index (χ0v) is 19.4. The van der Waals surface area contributed by atoms with E-state index in [0.29, 0.717) is 33.4 Å². The number of nitrogens with zero attached hydrogens (tertiary/aromatic N) is 2. The van der Waals surface area contributed by atoms with E-state index in [1.807, 2.05) is 55.5 Å². The van der Waals surface area contributed by atoms with E-state index in [4.69, 9.17) is 14.1 Å². The molecule has 34 heavy (non-hydrogen) atoms. The number of methoxy groups -OCH3 is 1. The van der Waals surface area contributed by atoms with Gasteiger partial charge < -0.3 is 14.5 Å². The summed E-state index contributed by atoms with van der Waals surface area (Å²) in [6.45, 7) is 1.93. The van der Waals surface area contributed by atoms with E-state index < -0.39 is 0 Å². The van der Waals surface area contributed by atoms with Crippen LogP contribution in [0.4, 0.5) is 5.69 Å². The molecule has 1 N–H and O–H groups in total. The minimum atomic E-state index is -0.312. The molecule has 0 saturated carbocycles. The predicted molar refractivity (Wildman–Crippen MR) is 134 cm³/mol. The van der Waals surface area contributed by atoms with Crippen molar-refractivity contribution in [3.63, 3.8) is 0 Å². The first-order valence-electron chi connectivity index (χ1n) is 10.6. The maximum absolute atomic E-state index is 13.6. The number of thioether (sulfide) groups is 1. The summed E-state index contributed by atoms with van der Waals surface area (Å²) in [6.07, 6.45) is 0. The number of carbonyl (C=O) groups is 1. The molecule has 0 bridgehead atoms. The Balaban J connectivity index is 1.53. The number of hydrogen-bond acceptors (Lipinski definition) is 6. The first-order chi connectivity index (χ1) is 16.5. The fourth-order valence-electron chi connectivity index (χ4n) is 3.75.